The molecular weight excluding hydrogens is 547 g/mol. The standard InChI is InChI=1S/C34H41FN4O4/c1-33(2,3)43-32(41)39-27-10-9-24(16-27)30(39)31(40)37-26(19-36)15-23-7-5-22(18-29(23)35)21-6-8-25-20-42-34(28(25)17-21)11-13-38(4)14-12-34/h5-8,17-18,24,26-27,30H,9-16,20H2,1-4H3,(H,37,40)/t24-,26-,27+,30-/m0/s1. The lowest BCUT2D eigenvalue weighted by Crippen LogP contribution is -2.55. The first-order valence-electron chi connectivity index (χ1n) is 15.4. The Morgan fingerprint density at radius 3 is 2.58 bits per heavy atom. The summed E-state index contributed by atoms with van der Waals surface area (Å²) in [5, 5.41) is 12.7. The number of nitrogens with zero attached hydrogens (tertiary/aromatic N) is 3. The summed E-state index contributed by atoms with van der Waals surface area (Å²) in [6.07, 6.45) is 3.83. The summed E-state index contributed by atoms with van der Waals surface area (Å²) in [6, 6.07) is 11.8. The van der Waals surface area contributed by atoms with Gasteiger partial charge in [0.1, 0.15) is 23.5 Å². The molecule has 1 aliphatic carbocycles. The minimum atomic E-state index is -0.936. The van der Waals surface area contributed by atoms with Crippen LogP contribution in [0.5, 0.6) is 0 Å². The van der Waals surface area contributed by atoms with Gasteiger partial charge < -0.3 is 19.7 Å². The largest absolute Gasteiger partial charge is 0.444 e. The highest BCUT2D eigenvalue weighted by atomic mass is 19.1. The van der Waals surface area contributed by atoms with Gasteiger partial charge >= 0.3 is 6.09 Å². The van der Waals surface area contributed by atoms with Crippen LogP contribution in [0.2, 0.25) is 0 Å². The van der Waals surface area contributed by atoms with E-state index in [0.717, 1.165) is 56.3 Å². The van der Waals surface area contributed by atoms with Gasteiger partial charge in [-0.2, -0.15) is 5.26 Å². The van der Waals surface area contributed by atoms with Crippen LogP contribution in [0.3, 0.4) is 0 Å². The molecule has 3 fully saturated rings. The highest BCUT2D eigenvalue weighted by Gasteiger charge is 2.52. The van der Waals surface area contributed by atoms with E-state index in [9.17, 15) is 14.9 Å². The Morgan fingerprint density at radius 2 is 1.88 bits per heavy atom. The van der Waals surface area contributed by atoms with Gasteiger partial charge in [0.2, 0.25) is 5.91 Å². The number of piperidine rings is 2. The molecule has 3 heterocycles. The number of carbonyl (C=O) groups is 2. The quantitative estimate of drug-likeness (QED) is 0.511. The van der Waals surface area contributed by atoms with E-state index in [4.69, 9.17) is 9.47 Å². The first-order valence-corrected chi connectivity index (χ1v) is 15.4. The first kappa shape index (κ1) is 29.6. The van der Waals surface area contributed by atoms with Crippen LogP contribution in [0.4, 0.5) is 9.18 Å². The number of ether oxygens (including phenoxy) is 2. The molecule has 0 unspecified atom stereocenters. The number of carbonyl (C=O) groups excluding carboxylic acids is 2. The molecule has 228 valence electrons. The lowest BCUT2D eigenvalue weighted by Gasteiger charge is -2.37. The normalized spacial score (nSPS) is 24.9. The van der Waals surface area contributed by atoms with Crippen LogP contribution in [0.1, 0.15) is 69.6 Å². The molecular formula is C34H41FN4O4. The number of nitriles is 1. The smallest absolute Gasteiger partial charge is 0.411 e. The van der Waals surface area contributed by atoms with Crippen LogP contribution in [0, 0.1) is 23.1 Å². The van der Waals surface area contributed by atoms with Crippen molar-refractivity contribution in [2.24, 2.45) is 5.92 Å². The summed E-state index contributed by atoms with van der Waals surface area (Å²) in [4.78, 5) is 30.3. The number of likely N-dealkylation sites (tertiary alicyclic amines) is 2. The fourth-order valence-electron chi connectivity index (χ4n) is 7.39. The number of fused-ring (bicyclic) bond motifs is 4. The van der Waals surface area contributed by atoms with Gasteiger partial charge in [0, 0.05) is 25.6 Å². The van der Waals surface area contributed by atoms with Crippen molar-refractivity contribution in [3.8, 4) is 17.2 Å². The molecule has 2 saturated heterocycles. The second-order valence-electron chi connectivity index (χ2n) is 13.7. The van der Waals surface area contributed by atoms with Gasteiger partial charge in [-0.15, -0.1) is 0 Å². The monoisotopic (exact) mass is 588 g/mol. The summed E-state index contributed by atoms with van der Waals surface area (Å²) in [6.45, 7) is 7.95. The lowest BCUT2D eigenvalue weighted by molar-refractivity contribution is -0.128. The molecule has 1 N–H and O–H groups in total. The van der Waals surface area contributed by atoms with Crippen LogP contribution in [-0.4, -0.2) is 65.7 Å². The van der Waals surface area contributed by atoms with E-state index in [-0.39, 0.29) is 29.9 Å². The zero-order chi connectivity index (χ0) is 30.5. The van der Waals surface area contributed by atoms with Gasteiger partial charge in [-0.3, -0.25) is 9.69 Å². The summed E-state index contributed by atoms with van der Waals surface area (Å²) in [7, 11) is 2.13. The van der Waals surface area contributed by atoms with Crippen molar-refractivity contribution in [1.82, 2.24) is 15.1 Å². The number of nitrogens with one attached hydrogen (secondary N) is 1. The predicted molar refractivity (Wildman–Crippen MR) is 159 cm³/mol. The molecule has 6 rings (SSSR count). The molecule has 0 aromatic heterocycles. The molecule has 1 spiro atoms. The molecule has 4 aliphatic rings. The zero-order valence-corrected chi connectivity index (χ0v) is 25.5. The average molecular weight is 589 g/mol. The van der Waals surface area contributed by atoms with Crippen LogP contribution < -0.4 is 5.32 Å². The molecule has 2 amide bonds. The Kier molecular flexibility index (Phi) is 7.72. The van der Waals surface area contributed by atoms with Crippen LogP contribution >= 0.6 is 0 Å². The van der Waals surface area contributed by atoms with E-state index in [1.165, 1.54) is 17.2 Å². The second-order valence-corrected chi connectivity index (χ2v) is 13.7. The summed E-state index contributed by atoms with van der Waals surface area (Å²) >= 11 is 0. The van der Waals surface area contributed by atoms with Crippen molar-refractivity contribution in [3.63, 3.8) is 0 Å². The number of hydrogen-bond donors (Lipinski definition) is 1. The summed E-state index contributed by atoms with van der Waals surface area (Å²) in [5.74, 6) is -0.780. The minimum Gasteiger partial charge on any atom is -0.444 e. The lowest BCUT2D eigenvalue weighted by atomic mass is 9.82. The number of benzene rings is 2. The van der Waals surface area contributed by atoms with Crippen molar-refractivity contribution in [3.05, 3.63) is 58.9 Å². The third kappa shape index (κ3) is 5.75. The van der Waals surface area contributed by atoms with E-state index < -0.39 is 29.6 Å². The van der Waals surface area contributed by atoms with Crippen molar-refractivity contribution >= 4 is 12.0 Å². The topological polar surface area (TPSA) is 94.9 Å². The second kappa shape index (κ2) is 11.2. The first-order chi connectivity index (χ1) is 20.5. The molecule has 0 radical (unpaired) electrons. The van der Waals surface area contributed by atoms with Gasteiger partial charge in [-0.05, 0) is 106 Å². The Morgan fingerprint density at radius 1 is 1.16 bits per heavy atom. The Bertz CT molecular complexity index is 1460. The number of hydrogen-bond acceptors (Lipinski definition) is 6. The van der Waals surface area contributed by atoms with E-state index in [0.29, 0.717) is 12.2 Å². The van der Waals surface area contributed by atoms with E-state index in [2.05, 4.69) is 35.5 Å². The molecule has 3 aliphatic heterocycles. The van der Waals surface area contributed by atoms with Gasteiger partial charge in [0.15, 0.2) is 0 Å². The van der Waals surface area contributed by atoms with Crippen molar-refractivity contribution in [2.45, 2.75) is 95.2 Å². The Labute approximate surface area is 253 Å². The highest BCUT2D eigenvalue weighted by molar-refractivity contribution is 5.87. The minimum absolute atomic E-state index is 0.0241. The zero-order valence-electron chi connectivity index (χ0n) is 25.5. The molecule has 8 nitrogen and oxygen atoms in total. The van der Waals surface area contributed by atoms with E-state index in [1.807, 2.05) is 12.1 Å². The third-order valence-corrected chi connectivity index (χ3v) is 9.64. The van der Waals surface area contributed by atoms with Crippen molar-refractivity contribution in [1.29, 1.82) is 5.26 Å². The SMILES string of the molecule is CN1CCC2(CC1)OCc1ccc(-c3ccc(C[C@@H](C#N)NC(=O)[C@@H]4[C@H]5CC[C@H](C5)N4C(=O)OC(C)(C)C)c(F)c3)cc12. The third-order valence-electron chi connectivity index (χ3n) is 9.64. The number of rotatable bonds is 5. The molecule has 4 atom stereocenters. The maximum absolute atomic E-state index is 15.5. The van der Waals surface area contributed by atoms with Crippen molar-refractivity contribution in [2.75, 3.05) is 20.1 Å². The van der Waals surface area contributed by atoms with Gasteiger partial charge in [0.25, 0.3) is 0 Å². The number of amides is 2. The van der Waals surface area contributed by atoms with E-state index in [1.54, 1.807) is 31.7 Å². The number of halogens is 1. The molecule has 1 saturated carbocycles. The summed E-state index contributed by atoms with van der Waals surface area (Å²) in [5.41, 5.74) is 3.48. The maximum atomic E-state index is 15.5. The Balaban J connectivity index is 1.15. The highest BCUT2D eigenvalue weighted by Crippen LogP contribution is 2.46. The van der Waals surface area contributed by atoms with Crippen LogP contribution in [0.25, 0.3) is 11.1 Å². The molecule has 2 aromatic rings. The van der Waals surface area contributed by atoms with Gasteiger partial charge in [0.05, 0.1) is 18.3 Å². The fourth-order valence-corrected chi connectivity index (χ4v) is 7.39. The van der Waals surface area contributed by atoms with Gasteiger partial charge in [-0.25, -0.2) is 9.18 Å². The summed E-state index contributed by atoms with van der Waals surface area (Å²) < 4.78 is 27.4. The molecule has 2 aromatic carbocycles. The molecule has 9 heteroatoms. The average Bonchev–Trinajstić information content (AvgIpc) is 3.68. The Hall–Kier alpha value is -3.48. The van der Waals surface area contributed by atoms with Crippen LogP contribution in [-0.2, 0) is 32.9 Å². The van der Waals surface area contributed by atoms with Crippen molar-refractivity contribution < 1.29 is 23.5 Å². The maximum Gasteiger partial charge on any atom is 0.411 e. The van der Waals surface area contributed by atoms with E-state index >= 15 is 4.39 Å². The van der Waals surface area contributed by atoms with Crippen LogP contribution in [0.15, 0.2) is 36.4 Å². The van der Waals surface area contributed by atoms with Gasteiger partial charge in [-0.1, -0.05) is 24.3 Å². The molecule has 43 heavy (non-hydrogen) atoms. The molecule has 2 bridgehead atoms. The fraction of sp³-hybridized carbons (Fsp3) is 0.559. The predicted octanol–water partition coefficient (Wildman–Crippen LogP) is 5.28.